The third-order valence-corrected chi connectivity index (χ3v) is 2.93. The van der Waals surface area contributed by atoms with E-state index in [2.05, 4.69) is 4.98 Å². The lowest BCUT2D eigenvalue weighted by molar-refractivity contribution is 0.0994. The van der Waals surface area contributed by atoms with Crippen LogP contribution < -0.4 is 10.6 Å². The Balaban J connectivity index is 2.38. The van der Waals surface area contributed by atoms with Crippen molar-refractivity contribution in [2.75, 3.05) is 17.7 Å². The van der Waals surface area contributed by atoms with E-state index in [0.717, 1.165) is 5.69 Å². The number of hydrogen-bond donors (Lipinski definition) is 1. The highest BCUT2D eigenvalue weighted by Gasteiger charge is 2.18. The van der Waals surface area contributed by atoms with Gasteiger partial charge < -0.3 is 10.6 Å². The Hall–Kier alpha value is -2.07. The molecular formula is C13H12ClN3O. The normalized spacial score (nSPS) is 10.1. The summed E-state index contributed by atoms with van der Waals surface area (Å²) >= 11 is 6.02. The Morgan fingerprint density at radius 1 is 1.28 bits per heavy atom. The number of halogens is 1. The molecule has 0 saturated heterocycles. The van der Waals surface area contributed by atoms with Crippen molar-refractivity contribution < 1.29 is 4.79 Å². The summed E-state index contributed by atoms with van der Waals surface area (Å²) in [5.41, 5.74) is 7.21. The quantitative estimate of drug-likeness (QED) is 0.846. The number of benzene rings is 1. The molecule has 1 heterocycles. The number of nitrogen functional groups attached to an aromatic ring is 1. The molecular weight excluding hydrogens is 250 g/mol. The van der Waals surface area contributed by atoms with E-state index in [9.17, 15) is 4.79 Å². The lowest BCUT2D eigenvalue weighted by atomic mass is 10.1. The fourth-order valence-corrected chi connectivity index (χ4v) is 1.88. The topological polar surface area (TPSA) is 59.2 Å². The highest BCUT2D eigenvalue weighted by Crippen LogP contribution is 2.25. The summed E-state index contributed by atoms with van der Waals surface area (Å²) in [5.74, 6) is -0.246. The maximum absolute atomic E-state index is 12.3. The van der Waals surface area contributed by atoms with Crippen molar-refractivity contribution in [3.8, 4) is 0 Å². The van der Waals surface area contributed by atoms with Gasteiger partial charge in [0.25, 0.3) is 5.91 Å². The smallest absolute Gasteiger partial charge is 0.261 e. The molecule has 1 aromatic carbocycles. The fraction of sp³-hybridized carbons (Fsp3) is 0.0769. The molecule has 0 aliphatic heterocycles. The van der Waals surface area contributed by atoms with E-state index in [0.29, 0.717) is 16.3 Å². The molecule has 0 spiro atoms. The predicted octanol–water partition coefficient (Wildman–Crippen LogP) is 2.59. The molecule has 2 rings (SSSR count). The number of amides is 1. The Labute approximate surface area is 110 Å². The molecule has 4 nitrogen and oxygen atoms in total. The van der Waals surface area contributed by atoms with Crippen molar-refractivity contribution in [2.45, 2.75) is 0 Å². The molecule has 92 valence electrons. The average molecular weight is 262 g/mol. The molecule has 5 heteroatoms. The van der Waals surface area contributed by atoms with Crippen molar-refractivity contribution in [3.63, 3.8) is 0 Å². The van der Waals surface area contributed by atoms with E-state index in [1.165, 1.54) is 4.90 Å². The van der Waals surface area contributed by atoms with Gasteiger partial charge in [-0.2, -0.15) is 0 Å². The minimum Gasteiger partial charge on any atom is -0.398 e. The van der Waals surface area contributed by atoms with Crippen LogP contribution in [0.3, 0.4) is 0 Å². The number of hydrogen-bond acceptors (Lipinski definition) is 3. The van der Waals surface area contributed by atoms with E-state index in [1.54, 1.807) is 49.8 Å². The fourth-order valence-electron chi connectivity index (χ4n) is 1.62. The first-order chi connectivity index (χ1) is 8.61. The van der Waals surface area contributed by atoms with Gasteiger partial charge in [0.2, 0.25) is 0 Å². The summed E-state index contributed by atoms with van der Waals surface area (Å²) in [5, 5.41) is 0.348. The highest BCUT2D eigenvalue weighted by molar-refractivity contribution is 6.35. The highest BCUT2D eigenvalue weighted by atomic mass is 35.5. The monoisotopic (exact) mass is 261 g/mol. The van der Waals surface area contributed by atoms with Gasteiger partial charge in [-0.25, -0.2) is 0 Å². The number of nitrogens with two attached hydrogens (primary N) is 1. The van der Waals surface area contributed by atoms with E-state index in [1.807, 2.05) is 0 Å². The van der Waals surface area contributed by atoms with Gasteiger partial charge in [-0.15, -0.1) is 0 Å². The SMILES string of the molecule is CN(C(=O)c1c(N)cccc1Cl)c1ccncc1. The zero-order valence-electron chi connectivity index (χ0n) is 9.80. The number of aromatic nitrogens is 1. The zero-order valence-corrected chi connectivity index (χ0v) is 10.6. The Bertz CT molecular complexity index is 551. The molecule has 0 atom stereocenters. The predicted molar refractivity (Wildman–Crippen MR) is 72.8 cm³/mol. The molecule has 2 N–H and O–H groups in total. The second-order valence-corrected chi connectivity index (χ2v) is 4.18. The summed E-state index contributed by atoms with van der Waals surface area (Å²) in [6.45, 7) is 0. The maximum atomic E-state index is 12.3. The lowest BCUT2D eigenvalue weighted by Gasteiger charge is -2.18. The Morgan fingerprint density at radius 3 is 2.56 bits per heavy atom. The molecule has 0 saturated carbocycles. The summed E-state index contributed by atoms with van der Waals surface area (Å²) in [4.78, 5) is 17.7. The van der Waals surface area contributed by atoms with Crippen molar-refractivity contribution in [2.24, 2.45) is 0 Å². The molecule has 1 aromatic heterocycles. The van der Waals surface area contributed by atoms with Crippen LogP contribution in [0, 0.1) is 0 Å². The maximum Gasteiger partial charge on any atom is 0.261 e. The summed E-state index contributed by atoms with van der Waals surface area (Å²) < 4.78 is 0. The Morgan fingerprint density at radius 2 is 1.94 bits per heavy atom. The number of nitrogens with zero attached hydrogens (tertiary/aromatic N) is 2. The van der Waals surface area contributed by atoms with Gasteiger partial charge in [0, 0.05) is 30.8 Å². The van der Waals surface area contributed by atoms with Crippen LogP contribution in [0.5, 0.6) is 0 Å². The van der Waals surface area contributed by atoms with Crippen molar-refractivity contribution >= 4 is 28.9 Å². The number of pyridine rings is 1. The van der Waals surface area contributed by atoms with Crippen molar-refractivity contribution in [1.29, 1.82) is 0 Å². The number of rotatable bonds is 2. The van der Waals surface area contributed by atoms with Crippen LogP contribution in [0.4, 0.5) is 11.4 Å². The zero-order chi connectivity index (χ0) is 13.1. The van der Waals surface area contributed by atoms with Gasteiger partial charge in [-0.05, 0) is 24.3 Å². The molecule has 0 aliphatic carbocycles. The van der Waals surface area contributed by atoms with Crippen molar-refractivity contribution in [3.05, 3.63) is 53.3 Å². The van der Waals surface area contributed by atoms with Gasteiger partial charge in [0.1, 0.15) is 0 Å². The van der Waals surface area contributed by atoms with Crippen LogP contribution in [-0.4, -0.2) is 17.9 Å². The van der Waals surface area contributed by atoms with Crippen molar-refractivity contribution in [1.82, 2.24) is 4.98 Å². The lowest BCUT2D eigenvalue weighted by Crippen LogP contribution is -2.27. The average Bonchev–Trinajstić information content (AvgIpc) is 2.38. The molecule has 0 radical (unpaired) electrons. The second kappa shape index (κ2) is 5.06. The minimum absolute atomic E-state index is 0.246. The number of anilines is 2. The summed E-state index contributed by atoms with van der Waals surface area (Å²) in [6, 6.07) is 8.49. The Kier molecular flexibility index (Phi) is 3.48. The molecule has 2 aromatic rings. The second-order valence-electron chi connectivity index (χ2n) is 3.77. The van der Waals surface area contributed by atoms with Crippen LogP contribution in [0.1, 0.15) is 10.4 Å². The molecule has 0 fully saturated rings. The minimum atomic E-state index is -0.246. The summed E-state index contributed by atoms with van der Waals surface area (Å²) in [6.07, 6.45) is 3.24. The third-order valence-electron chi connectivity index (χ3n) is 2.61. The van der Waals surface area contributed by atoms with Crippen LogP contribution in [0.2, 0.25) is 5.02 Å². The molecule has 0 unspecified atom stereocenters. The van der Waals surface area contributed by atoms with Crippen LogP contribution in [0.25, 0.3) is 0 Å². The standard InChI is InChI=1S/C13H12ClN3O/c1-17(9-5-7-16-8-6-9)13(18)12-10(14)3-2-4-11(12)15/h2-8H,15H2,1H3. The van der Waals surface area contributed by atoms with E-state index >= 15 is 0 Å². The van der Waals surface area contributed by atoms with E-state index in [-0.39, 0.29) is 5.91 Å². The third kappa shape index (κ3) is 2.28. The van der Waals surface area contributed by atoms with Gasteiger partial charge >= 0.3 is 0 Å². The molecule has 1 amide bonds. The van der Waals surface area contributed by atoms with Gasteiger partial charge in [0.05, 0.1) is 10.6 Å². The van der Waals surface area contributed by atoms with Gasteiger partial charge in [-0.1, -0.05) is 17.7 Å². The first kappa shape index (κ1) is 12.4. The molecule has 0 aliphatic rings. The van der Waals surface area contributed by atoms with E-state index in [4.69, 9.17) is 17.3 Å². The molecule has 18 heavy (non-hydrogen) atoms. The van der Waals surface area contributed by atoms with Crippen LogP contribution in [0.15, 0.2) is 42.7 Å². The van der Waals surface area contributed by atoms with Gasteiger partial charge in [0.15, 0.2) is 0 Å². The van der Waals surface area contributed by atoms with E-state index < -0.39 is 0 Å². The summed E-state index contributed by atoms with van der Waals surface area (Å²) in [7, 11) is 1.67. The molecule has 0 bridgehead atoms. The first-order valence-electron chi connectivity index (χ1n) is 5.33. The van der Waals surface area contributed by atoms with Crippen LogP contribution >= 0.6 is 11.6 Å². The first-order valence-corrected chi connectivity index (χ1v) is 5.71. The largest absolute Gasteiger partial charge is 0.398 e. The number of carbonyl (C=O) groups is 1. The number of carbonyl (C=O) groups excluding carboxylic acids is 1. The van der Waals surface area contributed by atoms with Crippen LogP contribution in [-0.2, 0) is 0 Å². The van der Waals surface area contributed by atoms with Gasteiger partial charge in [-0.3, -0.25) is 9.78 Å².